The Balaban J connectivity index is 0.000000734. The second-order valence-electron chi connectivity index (χ2n) is 15.5. The van der Waals surface area contributed by atoms with Crippen molar-refractivity contribution in [3.63, 3.8) is 0 Å². The van der Waals surface area contributed by atoms with Crippen LogP contribution in [0.3, 0.4) is 0 Å². The summed E-state index contributed by atoms with van der Waals surface area (Å²) in [7, 11) is 0. The molecule has 0 unspecified atom stereocenters. The molecule has 62 heavy (non-hydrogen) atoms. The highest BCUT2D eigenvalue weighted by atomic mass is 14.2. The van der Waals surface area contributed by atoms with Gasteiger partial charge in [0.25, 0.3) is 0 Å². The molecule has 0 atom stereocenters. The van der Waals surface area contributed by atoms with Crippen LogP contribution in [0.1, 0.15) is 130 Å². The van der Waals surface area contributed by atoms with Crippen molar-refractivity contribution >= 4 is 0 Å². The van der Waals surface area contributed by atoms with E-state index in [-0.39, 0.29) is 2.85 Å². The first-order chi connectivity index (χ1) is 30.7. The maximum Gasteiger partial charge on any atom is 0 e. The number of allylic oxidation sites excluding steroid dienone is 1. The van der Waals surface area contributed by atoms with Gasteiger partial charge in [-0.3, -0.25) is 0 Å². The lowest BCUT2D eigenvalue weighted by atomic mass is 9.84. The Bertz CT molecular complexity index is 1730. The Morgan fingerprint density at radius 2 is 0.581 bits per heavy atom. The minimum Gasteiger partial charge on any atom is -0.103 e. The lowest BCUT2D eigenvalue weighted by Gasteiger charge is -2.21. The van der Waals surface area contributed by atoms with Crippen LogP contribution < -0.4 is 0 Å². The number of aryl methyl sites for hydroxylation is 1. The summed E-state index contributed by atoms with van der Waals surface area (Å²) in [5, 5.41) is 0. The van der Waals surface area contributed by atoms with Gasteiger partial charge >= 0.3 is 0 Å². The van der Waals surface area contributed by atoms with Crippen molar-refractivity contribution < 1.29 is 2.85 Å². The molecule has 7 aromatic carbocycles. The minimum absolute atomic E-state index is 0. The first-order valence-corrected chi connectivity index (χ1v) is 23.5. The quantitative estimate of drug-likeness (QED) is 0.155. The van der Waals surface area contributed by atoms with Crippen LogP contribution >= 0.6 is 0 Å². The zero-order valence-electron chi connectivity index (χ0n) is 38.8. The first-order valence-electron chi connectivity index (χ1n) is 23.5. The molecule has 0 heterocycles. The van der Waals surface area contributed by atoms with Gasteiger partial charge in [0.1, 0.15) is 0 Å². The molecule has 0 bridgehead atoms. The average molecular weight is 827 g/mol. The zero-order chi connectivity index (χ0) is 44.4. The van der Waals surface area contributed by atoms with Gasteiger partial charge in [-0.1, -0.05) is 296 Å². The highest BCUT2D eigenvalue weighted by molar-refractivity contribution is 5.62. The Morgan fingerprint density at radius 1 is 0.371 bits per heavy atom. The van der Waals surface area contributed by atoms with E-state index in [0.29, 0.717) is 0 Å². The van der Waals surface area contributed by atoms with Crippen molar-refractivity contribution in [1.29, 1.82) is 0 Å². The summed E-state index contributed by atoms with van der Waals surface area (Å²) in [6.45, 7) is 11.7. The van der Waals surface area contributed by atoms with Gasteiger partial charge in [0.2, 0.25) is 0 Å². The molecule has 2 saturated carbocycles. The van der Waals surface area contributed by atoms with Gasteiger partial charge in [-0.15, -0.1) is 6.58 Å². The van der Waals surface area contributed by atoms with E-state index >= 15 is 0 Å². The molecule has 7 aromatic rings. The van der Waals surface area contributed by atoms with Gasteiger partial charge in [0, 0.05) is 2.85 Å². The largest absolute Gasteiger partial charge is 0.103 e. The van der Waals surface area contributed by atoms with Crippen LogP contribution in [-0.2, 0) is 6.42 Å². The highest BCUT2D eigenvalue weighted by Gasteiger charge is 2.15. The molecular formula is C62H82. The highest BCUT2D eigenvalue weighted by Crippen LogP contribution is 2.33. The van der Waals surface area contributed by atoms with E-state index in [0.717, 1.165) is 18.3 Å². The van der Waals surface area contributed by atoms with Gasteiger partial charge in [0.05, 0.1) is 0 Å². The fraction of sp³-hybridized carbons (Fsp3) is 0.290. The molecule has 0 heteroatoms. The third-order valence-electron chi connectivity index (χ3n) is 10.2. The smallest absolute Gasteiger partial charge is 0 e. The Morgan fingerprint density at radius 3 is 0.806 bits per heavy atom. The third-order valence-corrected chi connectivity index (χ3v) is 10.2. The molecule has 0 radical (unpaired) electrons. The van der Waals surface area contributed by atoms with E-state index in [9.17, 15) is 0 Å². The minimum atomic E-state index is 0. The molecule has 0 amide bonds. The monoisotopic (exact) mass is 827 g/mol. The fourth-order valence-electron chi connectivity index (χ4n) is 7.07. The molecule has 330 valence electrons. The Labute approximate surface area is 382 Å². The molecule has 9 rings (SSSR count). The zero-order valence-corrected chi connectivity index (χ0v) is 38.8. The van der Waals surface area contributed by atoms with Crippen molar-refractivity contribution in [2.75, 3.05) is 0 Å². The lowest BCUT2D eigenvalue weighted by Crippen LogP contribution is -2.03. The number of hydrogen-bond acceptors (Lipinski definition) is 0. The second kappa shape index (κ2) is 38.2. The molecule has 0 aliphatic heterocycles. The molecular weight excluding hydrogens is 745 g/mol. The molecule has 0 saturated heterocycles. The van der Waals surface area contributed by atoms with Crippen LogP contribution in [0.15, 0.2) is 237 Å². The predicted octanol–water partition coefficient (Wildman–Crippen LogP) is 19.5. The van der Waals surface area contributed by atoms with Gasteiger partial charge in [0.15, 0.2) is 0 Å². The SMILES string of the molecule is C=CC.CCC.CCc1ccccc1.[HH].[HH].c1ccc(-c2ccccc2)cc1.c1ccc(C2CCCCC2)cc1.c1ccc(C2CCCCC2)cc1.c1ccccc1.c1ccccc1. The molecule has 2 aliphatic carbocycles. The van der Waals surface area contributed by atoms with Crippen LogP contribution in [0.5, 0.6) is 0 Å². The average Bonchev–Trinajstić information content (AvgIpc) is 3.38. The van der Waals surface area contributed by atoms with Gasteiger partial charge in [-0.2, -0.15) is 0 Å². The molecule has 2 fully saturated rings. The molecule has 0 aromatic heterocycles. The second-order valence-corrected chi connectivity index (χ2v) is 15.5. The summed E-state index contributed by atoms with van der Waals surface area (Å²) in [6, 6.07) is 77.2. The summed E-state index contributed by atoms with van der Waals surface area (Å²) in [4.78, 5) is 0. The topological polar surface area (TPSA) is 0 Å². The Hall–Kier alpha value is -5.72. The Kier molecular flexibility index (Phi) is 32.3. The lowest BCUT2D eigenvalue weighted by molar-refractivity contribution is 0.443. The standard InChI is InChI=1S/2C12H16.C12H10.C8H10.2C6H6.C3H8.C3H6.2H2/c3*1-3-7-11(8-4-1)12-9-5-2-6-10-12;1-2-8-6-4-3-5-7-8;2*1-2-4-6-5-3-1;2*1-3-2;;/h2*1,3-4,7-8,12H,2,5-6,9-10H2;1-10H;3-7H,2H2,1H3;2*1-6H;3H2,1-2H3;3H,1H2,2H3;2*1H. The predicted molar refractivity (Wildman–Crippen MR) is 281 cm³/mol. The third kappa shape index (κ3) is 26.5. The van der Waals surface area contributed by atoms with Crippen LogP contribution in [0.4, 0.5) is 0 Å². The van der Waals surface area contributed by atoms with Crippen molar-refractivity contribution in [2.24, 2.45) is 0 Å². The van der Waals surface area contributed by atoms with Crippen LogP contribution in [0.25, 0.3) is 11.1 Å². The summed E-state index contributed by atoms with van der Waals surface area (Å²) < 4.78 is 0. The van der Waals surface area contributed by atoms with Crippen LogP contribution in [-0.4, -0.2) is 0 Å². The normalized spacial score (nSPS) is 12.6. The van der Waals surface area contributed by atoms with E-state index in [1.807, 2.05) is 97.9 Å². The first kappa shape index (κ1) is 52.4. The molecule has 0 nitrogen and oxygen atoms in total. The maximum atomic E-state index is 3.36. The van der Waals surface area contributed by atoms with Gasteiger partial charge < -0.3 is 0 Å². The summed E-state index contributed by atoms with van der Waals surface area (Å²) in [5.41, 5.74) is 7.07. The van der Waals surface area contributed by atoms with Gasteiger partial charge in [-0.25, -0.2) is 0 Å². The molecule has 0 spiro atoms. The van der Waals surface area contributed by atoms with Crippen molar-refractivity contribution in [2.45, 2.75) is 117 Å². The van der Waals surface area contributed by atoms with Crippen LogP contribution in [0, 0.1) is 0 Å². The van der Waals surface area contributed by atoms with Gasteiger partial charge in [-0.05, 0) is 78.7 Å². The van der Waals surface area contributed by atoms with E-state index in [1.165, 1.54) is 87.3 Å². The van der Waals surface area contributed by atoms with E-state index in [2.05, 4.69) is 161 Å². The van der Waals surface area contributed by atoms with E-state index in [1.54, 1.807) is 17.2 Å². The summed E-state index contributed by atoms with van der Waals surface area (Å²) in [5.74, 6) is 1.72. The van der Waals surface area contributed by atoms with Crippen molar-refractivity contribution in [1.82, 2.24) is 0 Å². The summed E-state index contributed by atoms with van der Waals surface area (Å²) in [6.07, 6.45) is 18.4. The van der Waals surface area contributed by atoms with Crippen LogP contribution in [0.2, 0.25) is 0 Å². The van der Waals surface area contributed by atoms with Crippen molar-refractivity contribution in [3.8, 4) is 11.1 Å². The summed E-state index contributed by atoms with van der Waals surface area (Å²) >= 11 is 0. The maximum absolute atomic E-state index is 3.36. The number of rotatable bonds is 4. The van der Waals surface area contributed by atoms with E-state index < -0.39 is 0 Å². The molecule has 0 N–H and O–H groups in total. The van der Waals surface area contributed by atoms with Crippen molar-refractivity contribution in [3.05, 3.63) is 254 Å². The number of benzene rings is 7. The number of hydrogen-bond donors (Lipinski definition) is 0. The fourth-order valence-corrected chi connectivity index (χ4v) is 7.07. The van der Waals surface area contributed by atoms with E-state index in [4.69, 9.17) is 0 Å². The molecule has 2 aliphatic rings.